The van der Waals surface area contributed by atoms with Crippen LogP contribution < -0.4 is 0 Å². The van der Waals surface area contributed by atoms with Gasteiger partial charge >= 0.3 is 0 Å². The van der Waals surface area contributed by atoms with E-state index < -0.39 is 5.72 Å². The van der Waals surface area contributed by atoms with Gasteiger partial charge in [0, 0.05) is 24.7 Å². The number of hydrogen-bond donors (Lipinski definition) is 1. The van der Waals surface area contributed by atoms with Gasteiger partial charge in [0.2, 0.25) is 0 Å². The second-order valence-corrected chi connectivity index (χ2v) is 6.01. The average Bonchev–Trinajstić information content (AvgIpc) is 2.70. The van der Waals surface area contributed by atoms with E-state index in [1.807, 2.05) is 30.1 Å². The van der Waals surface area contributed by atoms with Crippen LogP contribution in [0.4, 0.5) is 0 Å². The molecule has 90 valence electrons. The van der Waals surface area contributed by atoms with Crippen LogP contribution in [0, 0.1) is 0 Å². The summed E-state index contributed by atoms with van der Waals surface area (Å²) in [6, 6.07) is 5.71. The van der Waals surface area contributed by atoms with Crippen molar-refractivity contribution in [2.75, 3.05) is 14.1 Å². The molecular formula is C12H13ClN2OS. The number of hydrogen-bond acceptors (Lipinski definition) is 3. The maximum Gasteiger partial charge on any atom is 0.178 e. The zero-order chi connectivity index (χ0) is 12.2. The van der Waals surface area contributed by atoms with Gasteiger partial charge in [-0.2, -0.15) is 0 Å². The van der Waals surface area contributed by atoms with E-state index in [2.05, 4.69) is 4.99 Å². The minimum absolute atomic E-state index is 0.111. The van der Waals surface area contributed by atoms with Crippen LogP contribution in [0.3, 0.4) is 0 Å². The molecule has 0 saturated carbocycles. The summed E-state index contributed by atoms with van der Waals surface area (Å²) in [5.41, 5.74) is 1.17. The molecule has 1 aliphatic heterocycles. The molecule has 2 aliphatic rings. The molecule has 1 aromatic carbocycles. The fraction of sp³-hybridized carbons (Fsp3) is 0.417. The number of aliphatic hydroxyl groups is 1. The fourth-order valence-electron chi connectivity index (χ4n) is 2.68. The highest BCUT2D eigenvalue weighted by atomic mass is 35.5. The number of amidine groups is 1. The lowest BCUT2D eigenvalue weighted by molar-refractivity contribution is -0.0496. The van der Waals surface area contributed by atoms with Gasteiger partial charge in [-0.25, -0.2) is 0 Å². The first-order chi connectivity index (χ1) is 8.07. The molecule has 0 bridgehead atoms. The minimum atomic E-state index is -0.931. The SMILES string of the molecule is C/N=C1\SC2Cc3cc(Cl)ccc3C2(O)N1C. The van der Waals surface area contributed by atoms with Crippen LogP contribution in [0.5, 0.6) is 0 Å². The Morgan fingerprint density at radius 3 is 3.06 bits per heavy atom. The van der Waals surface area contributed by atoms with Gasteiger partial charge in [-0.05, 0) is 24.1 Å². The fourth-order valence-corrected chi connectivity index (χ4v) is 4.25. The van der Waals surface area contributed by atoms with Crippen molar-refractivity contribution in [1.82, 2.24) is 4.90 Å². The molecule has 0 aromatic heterocycles. The van der Waals surface area contributed by atoms with Crippen molar-refractivity contribution in [2.24, 2.45) is 4.99 Å². The predicted molar refractivity (Wildman–Crippen MR) is 71.6 cm³/mol. The van der Waals surface area contributed by atoms with Crippen molar-refractivity contribution < 1.29 is 5.11 Å². The van der Waals surface area contributed by atoms with E-state index in [1.54, 1.807) is 18.8 Å². The highest BCUT2D eigenvalue weighted by Gasteiger charge is 2.55. The van der Waals surface area contributed by atoms with E-state index in [0.29, 0.717) is 0 Å². The third-order valence-corrected chi connectivity index (χ3v) is 5.24. The molecule has 2 unspecified atom stereocenters. The first-order valence-electron chi connectivity index (χ1n) is 5.46. The molecule has 0 spiro atoms. The molecule has 1 aromatic rings. The highest BCUT2D eigenvalue weighted by molar-refractivity contribution is 8.14. The Morgan fingerprint density at radius 2 is 2.35 bits per heavy atom. The molecule has 1 saturated heterocycles. The summed E-state index contributed by atoms with van der Waals surface area (Å²) in [7, 11) is 3.64. The molecule has 1 aliphatic carbocycles. The Balaban J connectivity index is 2.14. The quantitative estimate of drug-likeness (QED) is 0.783. The molecule has 1 heterocycles. The first-order valence-corrected chi connectivity index (χ1v) is 6.71. The summed E-state index contributed by atoms with van der Waals surface area (Å²) in [6.07, 6.45) is 0.834. The van der Waals surface area contributed by atoms with E-state index in [9.17, 15) is 5.11 Å². The van der Waals surface area contributed by atoms with Gasteiger partial charge in [0.05, 0.1) is 5.25 Å². The van der Waals surface area contributed by atoms with Crippen LogP contribution in [0.2, 0.25) is 5.02 Å². The zero-order valence-corrected chi connectivity index (χ0v) is 11.2. The van der Waals surface area contributed by atoms with Crippen LogP contribution in [0.25, 0.3) is 0 Å². The monoisotopic (exact) mass is 268 g/mol. The van der Waals surface area contributed by atoms with Crippen LogP contribution in [0.1, 0.15) is 11.1 Å². The Bertz CT molecular complexity index is 519. The molecular weight excluding hydrogens is 256 g/mol. The summed E-state index contributed by atoms with van der Waals surface area (Å²) in [5, 5.41) is 12.6. The zero-order valence-electron chi connectivity index (χ0n) is 9.64. The Labute approximate surface area is 109 Å². The summed E-state index contributed by atoms with van der Waals surface area (Å²) < 4.78 is 0. The number of nitrogens with zero attached hydrogens (tertiary/aromatic N) is 2. The van der Waals surface area contributed by atoms with Crippen molar-refractivity contribution in [3.05, 3.63) is 34.3 Å². The first kappa shape index (κ1) is 11.4. The number of halogens is 1. The Hall–Kier alpha value is -0.710. The molecule has 3 rings (SSSR count). The van der Waals surface area contributed by atoms with Gasteiger partial charge in [-0.15, -0.1) is 0 Å². The topological polar surface area (TPSA) is 35.8 Å². The summed E-state index contributed by atoms with van der Waals surface area (Å²) in [6.45, 7) is 0. The highest BCUT2D eigenvalue weighted by Crippen LogP contribution is 2.51. The minimum Gasteiger partial charge on any atom is -0.366 e. The largest absolute Gasteiger partial charge is 0.366 e. The Morgan fingerprint density at radius 1 is 1.59 bits per heavy atom. The van der Waals surface area contributed by atoms with Crippen LogP contribution in [-0.2, 0) is 12.1 Å². The van der Waals surface area contributed by atoms with Crippen LogP contribution in [0.15, 0.2) is 23.2 Å². The molecule has 5 heteroatoms. The van der Waals surface area contributed by atoms with E-state index in [4.69, 9.17) is 11.6 Å². The molecule has 2 atom stereocenters. The van der Waals surface area contributed by atoms with Crippen molar-refractivity contribution in [3.63, 3.8) is 0 Å². The van der Waals surface area contributed by atoms with E-state index in [-0.39, 0.29) is 5.25 Å². The normalized spacial score (nSPS) is 33.1. The number of fused-ring (bicyclic) bond motifs is 3. The van der Waals surface area contributed by atoms with Crippen molar-refractivity contribution >= 4 is 28.5 Å². The molecule has 17 heavy (non-hydrogen) atoms. The van der Waals surface area contributed by atoms with Gasteiger partial charge < -0.3 is 10.0 Å². The molecule has 1 N–H and O–H groups in total. The third kappa shape index (κ3) is 1.38. The van der Waals surface area contributed by atoms with E-state index in [0.717, 1.165) is 27.7 Å². The summed E-state index contributed by atoms with van der Waals surface area (Å²) >= 11 is 7.63. The van der Waals surface area contributed by atoms with E-state index >= 15 is 0 Å². The predicted octanol–water partition coefficient (Wildman–Crippen LogP) is 2.07. The number of benzene rings is 1. The Kier molecular flexibility index (Phi) is 2.44. The van der Waals surface area contributed by atoms with Crippen LogP contribution in [-0.4, -0.2) is 34.5 Å². The molecule has 0 amide bonds. The summed E-state index contributed by atoms with van der Waals surface area (Å²) in [4.78, 5) is 6.07. The second-order valence-electron chi connectivity index (χ2n) is 4.40. The van der Waals surface area contributed by atoms with E-state index in [1.165, 1.54) is 0 Å². The van der Waals surface area contributed by atoms with Crippen molar-refractivity contribution in [2.45, 2.75) is 17.4 Å². The van der Waals surface area contributed by atoms with Gasteiger partial charge in [-0.1, -0.05) is 29.4 Å². The van der Waals surface area contributed by atoms with Crippen molar-refractivity contribution in [3.8, 4) is 0 Å². The lowest BCUT2D eigenvalue weighted by atomic mass is 10.0. The number of thioether (sulfide) groups is 1. The van der Waals surface area contributed by atoms with Gasteiger partial charge in [0.15, 0.2) is 10.9 Å². The average molecular weight is 269 g/mol. The van der Waals surface area contributed by atoms with Gasteiger partial charge in [-0.3, -0.25) is 4.99 Å². The molecule has 0 radical (unpaired) electrons. The summed E-state index contributed by atoms with van der Waals surface area (Å²) in [5.74, 6) is 0. The smallest absolute Gasteiger partial charge is 0.178 e. The van der Waals surface area contributed by atoms with Crippen LogP contribution >= 0.6 is 23.4 Å². The van der Waals surface area contributed by atoms with Crippen molar-refractivity contribution in [1.29, 1.82) is 0 Å². The number of rotatable bonds is 0. The maximum absolute atomic E-state index is 10.9. The van der Waals surface area contributed by atoms with Gasteiger partial charge in [0.25, 0.3) is 0 Å². The standard InChI is InChI=1S/C12H13ClN2OS/c1-14-11-15(2)12(16)9-4-3-8(13)5-7(9)6-10(12)17-11/h3-5,10,16H,6H2,1-2H3/b14-11-. The maximum atomic E-state index is 10.9. The second kappa shape index (κ2) is 3.64. The molecule has 1 fully saturated rings. The lowest BCUT2D eigenvalue weighted by Gasteiger charge is -2.31. The lowest BCUT2D eigenvalue weighted by Crippen LogP contribution is -2.44. The number of aliphatic imine (C=N–C) groups is 1. The molecule has 3 nitrogen and oxygen atoms in total. The van der Waals surface area contributed by atoms with Gasteiger partial charge in [0.1, 0.15) is 0 Å². The third-order valence-electron chi connectivity index (χ3n) is 3.56.